The van der Waals surface area contributed by atoms with Crippen molar-refractivity contribution >= 4 is 11.6 Å². The number of benzene rings is 1. The fraction of sp³-hybridized carbons (Fsp3) is 0.200. The average Bonchev–Trinajstić information content (AvgIpc) is 2.61. The van der Waals surface area contributed by atoms with Crippen LogP contribution >= 0.6 is 11.6 Å². The van der Waals surface area contributed by atoms with Crippen LogP contribution in [0.1, 0.15) is 5.82 Å². The minimum absolute atomic E-state index is 0.0538. The summed E-state index contributed by atoms with van der Waals surface area (Å²) in [6, 6.07) is 8.59. The summed E-state index contributed by atoms with van der Waals surface area (Å²) in [6.07, 6.45) is 0. The number of aryl methyl sites for hydroxylation is 1. The van der Waals surface area contributed by atoms with Gasteiger partial charge in [0.15, 0.2) is 5.82 Å². The molecule has 1 aromatic heterocycles. The second kappa shape index (κ2) is 3.83. The van der Waals surface area contributed by atoms with Crippen molar-refractivity contribution in [3.63, 3.8) is 0 Å². The van der Waals surface area contributed by atoms with E-state index in [2.05, 4.69) is 10.2 Å². The van der Waals surface area contributed by atoms with Crippen LogP contribution in [0.2, 0.25) is 0 Å². The van der Waals surface area contributed by atoms with E-state index >= 15 is 0 Å². The Bertz CT molecular complexity index is 491. The fourth-order valence-corrected chi connectivity index (χ4v) is 1.64. The van der Waals surface area contributed by atoms with E-state index < -0.39 is 5.51 Å². The Hall–Kier alpha value is -1.49. The molecule has 0 N–H and O–H groups in total. The summed E-state index contributed by atoms with van der Waals surface area (Å²) < 4.78 is 26.9. The van der Waals surface area contributed by atoms with Gasteiger partial charge in [0, 0.05) is 5.56 Å². The van der Waals surface area contributed by atoms with E-state index in [1.807, 2.05) is 0 Å². The largest absolute Gasteiger partial charge is 0.413 e. The monoisotopic (exact) mass is 243 g/mol. The molecule has 0 fully saturated rings. The quantitative estimate of drug-likeness (QED) is 0.759. The standard InChI is InChI=1S/C10H8ClF2N3/c1-7-14-15-9(16(7)10(11,12)13)8-5-3-2-4-6-8/h2-6H,1H3. The molecule has 0 aliphatic rings. The second-order valence-electron chi connectivity index (χ2n) is 3.24. The normalized spacial score (nSPS) is 11.8. The predicted molar refractivity (Wildman–Crippen MR) is 56.2 cm³/mol. The minimum atomic E-state index is -3.53. The Morgan fingerprint density at radius 3 is 2.38 bits per heavy atom. The molecule has 0 saturated carbocycles. The van der Waals surface area contributed by atoms with E-state index in [0.29, 0.717) is 10.1 Å². The van der Waals surface area contributed by atoms with Crippen molar-refractivity contribution in [3.05, 3.63) is 36.2 Å². The van der Waals surface area contributed by atoms with E-state index in [-0.39, 0.29) is 11.6 Å². The van der Waals surface area contributed by atoms with Gasteiger partial charge in [-0.3, -0.25) is 0 Å². The number of rotatable bonds is 2. The lowest BCUT2D eigenvalue weighted by molar-refractivity contribution is 0.0134. The molecule has 16 heavy (non-hydrogen) atoms. The van der Waals surface area contributed by atoms with Gasteiger partial charge < -0.3 is 0 Å². The van der Waals surface area contributed by atoms with E-state index in [9.17, 15) is 8.78 Å². The van der Waals surface area contributed by atoms with Gasteiger partial charge in [0.25, 0.3) is 0 Å². The molecule has 6 heteroatoms. The average molecular weight is 244 g/mol. The Balaban J connectivity index is 2.60. The predicted octanol–water partition coefficient (Wildman–Crippen LogP) is 3.00. The van der Waals surface area contributed by atoms with Gasteiger partial charge in [-0.2, -0.15) is 8.78 Å². The zero-order valence-electron chi connectivity index (χ0n) is 8.36. The van der Waals surface area contributed by atoms with E-state index in [1.165, 1.54) is 6.92 Å². The molecule has 1 aromatic carbocycles. The van der Waals surface area contributed by atoms with Gasteiger partial charge in [0.1, 0.15) is 5.82 Å². The molecular formula is C10H8ClF2N3. The van der Waals surface area contributed by atoms with Crippen molar-refractivity contribution in [2.45, 2.75) is 12.4 Å². The van der Waals surface area contributed by atoms with Crippen molar-refractivity contribution < 1.29 is 8.78 Å². The van der Waals surface area contributed by atoms with E-state index in [0.717, 1.165) is 0 Å². The van der Waals surface area contributed by atoms with Crippen LogP contribution in [-0.4, -0.2) is 14.8 Å². The number of nitrogens with zero attached hydrogens (tertiary/aromatic N) is 3. The summed E-state index contributed by atoms with van der Waals surface area (Å²) in [6.45, 7) is 1.43. The van der Waals surface area contributed by atoms with Gasteiger partial charge in [-0.1, -0.05) is 30.3 Å². The maximum atomic E-state index is 13.1. The highest BCUT2D eigenvalue weighted by Gasteiger charge is 2.33. The summed E-state index contributed by atoms with van der Waals surface area (Å²) in [7, 11) is 0. The first kappa shape index (κ1) is 11.0. The van der Waals surface area contributed by atoms with E-state index in [1.54, 1.807) is 30.3 Å². The summed E-state index contributed by atoms with van der Waals surface area (Å²) in [5, 5.41) is 7.31. The van der Waals surface area contributed by atoms with E-state index in [4.69, 9.17) is 11.6 Å². The molecule has 84 valence electrons. The number of alkyl halides is 3. The summed E-state index contributed by atoms with van der Waals surface area (Å²) >= 11 is 5.01. The lowest BCUT2D eigenvalue weighted by Gasteiger charge is -2.13. The van der Waals surface area contributed by atoms with Crippen molar-refractivity contribution in [1.82, 2.24) is 14.8 Å². The molecule has 0 amide bonds. The molecule has 0 aliphatic carbocycles. The van der Waals surface area contributed by atoms with Gasteiger partial charge in [0.05, 0.1) is 0 Å². The molecule has 0 atom stereocenters. The zero-order valence-corrected chi connectivity index (χ0v) is 9.12. The Morgan fingerprint density at radius 2 is 1.81 bits per heavy atom. The fourth-order valence-electron chi connectivity index (χ4n) is 1.44. The van der Waals surface area contributed by atoms with Crippen LogP contribution in [-0.2, 0) is 5.51 Å². The molecule has 0 aliphatic heterocycles. The molecule has 0 bridgehead atoms. The maximum absolute atomic E-state index is 13.1. The van der Waals surface area contributed by atoms with Crippen molar-refractivity contribution in [2.24, 2.45) is 0 Å². The smallest absolute Gasteiger partial charge is 0.235 e. The SMILES string of the molecule is Cc1nnc(-c2ccccc2)n1C(F)(F)Cl. The molecule has 0 radical (unpaired) electrons. The molecule has 0 unspecified atom stereocenters. The molecule has 3 nitrogen and oxygen atoms in total. The molecule has 2 rings (SSSR count). The molecule has 2 aromatic rings. The summed E-state index contributed by atoms with van der Waals surface area (Å²) in [5.41, 5.74) is -2.98. The van der Waals surface area contributed by atoms with Crippen LogP contribution in [0.5, 0.6) is 0 Å². The van der Waals surface area contributed by atoms with Crippen molar-refractivity contribution in [1.29, 1.82) is 0 Å². The minimum Gasteiger partial charge on any atom is -0.235 e. The molecule has 0 spiro atoms. The number of aromatic nitrogens is 3. The molecule has 0 saturated heterocycles. The number of hydrogen-bond acceptors (Lipinski definition) is 2. The van der Waals surface area contributed by atoms with Crippen LogP contribution in [0.4, 0.5) is 8.78 Å². The third kappa shape index (κ3) is 1.90. The maximum Gasteiger partial charge on any atom is 0.413 e. The number of halogens is 3. The third-order valence-corrected chi connectivity index (χ3v) is 2.28. The molecule has 1 heterocycles. The highest BCUT2D eigenvalue weighted by molar-refractivity contribution is 6.20. The topological polar surface area (TPSA) is 30.7 Å². The van der Waals surface area contributed by atoms with Crippen LogP contribution in [0.15, 0.2) is 30.3 Å². The van der Waals surface area contributed by atoms with Crippen LogP contribution in [0.25, 0.3) is 11.4 Å². The first-order valence-corrected chi connectivity index (χ1v) is 4.92. The third-order valence-electron chi connectivity index (χ3n) is 2.11. The van der Waals surface area contributed by atoms with Crippen LogP contribution in [0.3, 0.4) is 0 Å². The Kier molecular flexibility index (Phi) is 2.63. The van der Waals surface area contributed by atoms with Crippen molar-refractivity contribution in [3.8, 4) is 11.4 Å². The summed E-state index contributed by atoms with van der Waals surface area (Å²) in [4.78, 5) is 0. The lowest BCUT2D eigenvalue weighted by atomic mass is 10.2. The highest BCUT2D eigenvalue weighted by Crippen LogP contribution is 2.31. The first-order chi connectivity index (χ1) is 7.50. The van der Waals surface area contributed by atoms with Gasteiger partial charge in [-0.15, -0.1) is 10.2 Å². The van der Waals surface area contributed by atoms with Gasteiger partial charge >= 0.3 is 5.51 Å². The van der Waals surface area contributed by atoms with Gasteiger partial charge in [0.2, 0.25) is 0 Å². The van der Waals surface area contributed by atoms with Gasteiger partial charge in [-0.25, -0.2) is 4.57 Å². The molecular weight excluding hydrogens is 236 g/mol. The Morgan fingerprint density at radius 1 is 1.19 bits per heavy atom. The summed E-state index contributed by atoms with van der Waals surface area (Å²) in [5.74, 6) is 0.122. The van der Waals surface area contributed by atoms with Crippen molar-refractivity contribution in [2.75, 3.05) is 0 Å². The van der Waals surface area contributed by atoms with Crippen LogP contribution in [0, 0.1) is 6.92 Å². The lowest BCUT2D eigenvalue weighted by Crippen LogP contribution is -2.18. The highest BCUT2D eigenvalue weighted by atomic mass is 35.5. The second-order valence-corrected chi connectivity index (χ2v) is 3.69. The zero-order chi connectivity index (χ0) is 11.8. The van der Waals surface area contributed by atoms with Crippen LogP contribution < -0.4 is 0 Å². The Labute approximate surface area is 95.7 Å². The number of hydrogen-bond donors (Lipinski definition) is 0. The van der Waals surface area contributed by atoms with Gasteiger partial charge in [-0.05, 0) is 18.5 Å². The first-order valence-electron chi connectivity index (χ1n) is 4.55.